The number of nitrogens with zero attached hydrogens (tertiary/aromatic N) is 1. The highest BCUT2D eigenvalue weighted by molar-refractivity contribution is 6.03. The Hall–Kier alpha value is -4.46. The molecule has 0 aromatic heterocycles. The van der Waals surface area contributed by atoms with Gasteiger partial charge in [-0.15, -0.1) is 0 Å². The number of ketones is 3. The summed E-state index contributed by atoms with van der Waals surface area (Å²) >= 11 is 0. The lowest BCUT2D eigenvalue weighted by atomic mass is 9.45. The summed E-state index contributed by atoms with van der Waals surface area (Å²) in [7, 11) is 0. The van der Waals surface area contributed by atoms with Crippen molar-refractivity contribution >= 4 is 35.3 Å². The van der Waals surface area contributed by atoms with E-state index in [0.29, 0.717) is 50.5 Å². The molecule has 4 aliphatic carbocycles. The number of carbonyl (C=O) groups excluding carboxylic acids is 5. The minimum atomic E-state index is -2.28. The number of fused-ring (bicyclic) bond motifs is 5. The number of carbonyl (C=O) groups is 5. The van der Waals surface area contributed by atoms with Gasteiger partial charge in [-0.2, -0.15) is 0 Å². The Kier molecular flexibility index (Phi) is 10.3. The summed E-state index contributed by atoms with van der Waals surface area (Å²) in [5.41, 5.74) is -6.38. The molecule has 0 spiro atoms. The summed E-state index contributed by atoms with van der Waals surface area (Å²) < 4.78 is 32.4. The number of amides is 1. The van der Waals surface area contributed by atoms with Gasteiger partial charge < -0.3 is 24.6 Å². The fourth-order valence-electron chi connectivity index (χ4n) is 8.85. The first kappa shape index (κ1) is 36.8. The van der Waals surface area contributed by atoms with Crippen LogP contribution in [0.25, 0.3) is 0 Å². The molecule has 3 fully saturated rings. The van der Waals surface area contributed by atoms with Crippen LogP contribution in [0, 0.1) is 38.7 Å². The van der Waals surface area contributed by atoms with Crippen LogP contribution in [0.3, 0.4) is 0 Å². The third kappa shape index (κ3) is 6.33. The molecule has 5 rings (SSSR count). The van der Waals surface area contributed by atoms with Crippen LogP contribution in [0.15, 0.2) is 48.1 Å². The maximum absolute atomic E-state index is 17.2. The molecule has 0 bridgehead atoms. The minimum Gasteiger partial charge on any atom is -0.441 e. The normalized spacial score (nSPS) is 32.6. The Bertz CT molecular complexity index is 1630. The molecule has 13 nitrogen and oxygen atoms in total. The molecule has 0 heterocycles. The van der Waals surface area contributed by atoms with E-state index in [1.165, 1.54) is 42.5 Å². The first-order valence-electron chi connectivity index (χ1n) is 17.0. The number of hydrogen-bond donors (Lipinski definition) is 2. The Balaban J connectivity index is 1.04. The number of alkyl carbamates (subject to hydrolysis) is 1. The number of allylic oxidation sites excluding steroid dienone is 4. The second kappa shape index (κ2) is 14.0. The van der Waals surface area contributed by atoms with Crippen molar-refractivity contribution in [2.24, 2.45) is 28.6 Å². The maximum atomic E-state index is 17.2. The average Bonchev–Trinajstić information content (AvgIpc) is 3.27. The minimum absolute atomic E-state index is 0.0959. The lowest BCUT2D eigenvalue weighted by Crippen LogP contribution is -2.68. The van der Waals surface area contributed by atoms with Gasteiger partial charge in [0, 0.05) is 41.8 Å². The van der Waals surface area contributed by atoms with Crippen LogP contribution in [0.1, 0.15) is 72.1 Å². The number of hydrogen-bond acceptors (Lipinski definition) is 11. The van der Waals surface area contributed by atoms with Crippen LogP contribution in [0.2, 0.25) is 0 Å². The molecule has 270 valence electrons. The average molecular weight is 699 g/mol. The van der Waals surface area contributed by atoms with Crippen LogP contribution in [-0.4, -0.2) is 70.7 Å². The van der Waals surface area contributed by atoms with Crippen LogP contribution in [0.5, 0.6) is 5.75 Å². The molecule has 1 amide bonds. The Labute approximate surface area is 288 Å². The topological polar surface area (TPSA) is 188 Å². The van der Waals surface area contributed by atoms with Crippen molar-refractivity contribution in [2.45, 2.75) is 83.4 Å². The van der Waals surface area contributed by atoms with E-state index in [1.54, 1.807) is 20.8 Å². The zero-order valence-corrected chi connectivity index (χ0v) is 28.4. The fraction of sp³-hybridized carbons (Fsp3) is 0.583. The molecule has 0 radical (unpaired) electrons. The van der Waals surface area contributed by atoms with Gasteiger partial charge in [0.15, 0.2) is 23.8 Å². The predicted octanol–water partition coefficient (Wildman–Crippen LogP) is 5.52. The van der Waals surface area contributed by atoms with Gasteiger partial charge in [0.25, 0.3) is 5.69 Å². The Morgan fingerprint density at radius 3 is 2.46 bits per heavy atom. The summed E-state index contributed by atoms with van der Waals surface area (Å²) in [6, 6.07) is 5.00. The number of unbranched alkanes of at least 4 members (excludes halogenated alkanes) is 3. The summed E-state index contributed by atoms with van der Waals surface area (Å²) in [6.45, 7) is 4.65. The lowest BCUT2D eigenvalue weighted by molar-refractivity contribution is -0.384. The zero-order valence-electron chi connectivity index (χ0n) is 28.4. The summed E-state index contributed by atoms with van der Waals surface area (Å²) in [4.78, 5) is 73.7. The highest BCUT2D eigenvalue weighted by atomic mass is 19.1. The SMILES string of the molecule is C[C@@H]1CC2C3CCC4=CC(=O)C=CC4(C)[C@@]3(F)C(=O)CC2(C)[C@@]1(O)C(=O)COC(=O)NCCCCCCOC(=O)Oc1ccc([N+](=O)[O-])cc1. The second-order valence-electron chi connectivity index (χ2n) is 14.3. The third-order valence-electron chi connectivity index (χ3n) is 11.6. The fourth-order valence-corrected chi connectivity index (χ4v) is 8.85. The number of nitro groups is 1. The number of halogens is 1. The summed E-state index contributed by atoms with van der Waals surface area (Å²) in [5.74, 6) is -3.41. The smallest absolute Gasteiger partial charge is 0.441 e. The number of rotatable bonds is 12. The number of nitrogens with one attached hydrogen (secondary N) is 1. The predicted molar refractivity (Wildman–Crippen MR) is 175 cm³/mol. The summed E-state index contributed by atoms with van der Waals surface area (Å²) in [6.07, 6.45) is 5.62. The maximum Gasteiger partial charge on any atom is 0.513 e. The van der Waals surface area contributed by atoms with E-state index in [2.05, 4.69) is 5.32 Å². The van der Waals surface area contributed by atoms with Gasteiger partial charge in [-0.3, -0.25) is 24.5 Å². The Morgan fingerprint density at radius 2 is 1.76 bits per heavy atom. The van der Waals surface area contributed by atoms with Crippen molar-refractivity contribution < 1.29 is 52.6 Å². The first-order chi connectivity index (χ1) is 23.6. The molecule has 1 aromatic rings. The van der Waals surface area contributed by atoms with E-state index in [1.807, 2.05) is 0 Å². The molecular weight excluding hydrogens is 655 g/mol. The molecule has 7 atom stereocenters. The molecule has 14 heteroatoms. The molecule has 3 saturated carbocycles. The highest BCUT2D eigenvalue weighted by Crippen LogP contribution is 2.69. The number of benzene rings is 1. The van der Waals surface area contributed by atoms with Crippen molar-refractivity contribution in [3.63, 3.8) is 0 Å². The summed E-state index contributed by atoms with van der Waals surface area (Å²) in [5, 5.41) is 25.3. The zero-order chi connectivity index (χ0) is 36.5. The van der Waals surface area contributed by atoms with Gasteiger partial charge in [0.05, 0.1) is 11.5 Å². The van der Waals surface area contributed by atoms with Crippen LogP contribution < -0.4 is 10.1 Å². The van der Waals surface area contributed by atoms with Gasteiger partial charge >= 0.3 is 12.2 Å². The molecule has 0 aliphatic heterocycles. The molecule has 1 aromatic carbocycles. The standard InChI is InChI=1S/C36H43FN2O11/c1-22-18-28-27-13-8-23-19-25(40)14-15-33(23,2)35(27,37)29(41)20-34(28,3)36(22,45)30(42)21-49-31(43)38-16-6-4-5-7-17-48-32(44)50-26-11-9-24(10-12-26)39(46)47/h9-12,14-15,19,22,27-28,45H,4-8,13,16-18,20-21H2,1-3H3,(H,38,43)/t22-,27?,28?,33?,34?,35+,36+/m1/s1. The number of ether oxygens (including phenoxy) is 3. The van der Waals surface area contributed by atoms with Gasteiger partial charge in [-0.05, 0) is 81.6 Å². The van der Waals surface area contributed by atoms with Crippen molar-refractivity contribution in [3.05, 3.63) is 58.2 Å². The quantitative estimate of drug-likeness (QED) is 0.0919. The third-order valence-corrected chi connectivity index (χ3v) is 11.6. The van der Waals surface area contributed by atoms with Crippen LogP contribution >= 0.6 is 0 Å². The first-order valence-corrected chi connectivity index (χ1v) is 17.0. The number of Topliss-reactive ketones (excluding diaryl/α,β-unsaturated/α-hetero) is 2. The largest absolute Gasteiger partial charge is 0.513 e. The van der Waals surface area contributed by atoms with E-state index < -0.39 is 75.2 Å². The molecule has 4 unspecified atom stereocenters. The van der Waals surface area contributed by atoms with Gasteiger partial charge in [0.2, 0.25) is 5.78 Å². The van der Waals surface area contributed by atoms with Gasteiger partial charge in [-0.1, -0.05) is 31.9 Å². The lowest BCUT2D eigenvalue weighted by Gasteiger charge is -2.59. The van der Waals surface area contributed by atoms with E-state index in [9.17, 15) is 39.2 Å². The molecule has 50 heavy (non-hydrogen) atoms. The number of non-ortho nitro benzene ring substituents is 1. The van der Waals surface area contributed by atoms with Crippen molar-refractivity contribution in [1.29, 1.82) is 0 Å². The number of aliphatic hydroxyl groups is 1. The Morgan fingerprint density at radius 1 is 1.06 bits per heavy atom. The molecule has 2 N–H and O–H groups in total. The van der Waals surface area contributed by atoms with Gasteiger partial charge in [-0.25, -0.2) is 14.0 Å². The van der Waals surface area contributed by atoms with Crippen molar-refractivity contribution in [1.82, 2.24) is 5.32 Å². The molecular formula is C36H43FN2O11. The van der Waals surface area contributed by atoms with E-state index in [0.717, 1.165) is 0 Å². The van der Waals surface area contributed by atoms with E-state index >= 15 is 4.39 Å². The number of nitro benzene ring substituents is 1. The molecule has 4 aliphatic rings. The van der Waals surface area contributed by atoms with Gasteiger partial charge in [0.1, 0.15) is 11.4 Å². The monoisotopic (exact) mass is 698 g/mol. The van der Waals surface area contributed by atoms with E-state index in [4.69, 9.17) is 14.2 Å². The van der Waals surface area contributed by atoms with Crippen LogP contribution in [-0.2, 0) is 23.9 Å². The second-order valence-corrected chi connectivity index (χ2v) is 14.3. The van der Waals surface area contributed by atoms with E-state index in [-0.39, 0.29) is 36.8 Å². The highest BCUT2D eigenvalue weighted by Gasteiger charge is 2.75. The van der Waals surface area contributed by atoms with Crippen molar-refractivity contribution in [2.75, 3.05) is 19.8 Å². The number of alkyl halides is 1. The van der Waals surface area contributed by atoms with Crippen molar-refractivity contribution in [3.8, 4) is 5.75 Å². The van der Waals surface area contributed by atoms with Crippen LogP contribution in [0.4, 0.5) is 19.7 Å². The molecule has 0 saturated heterocycles.